The molecule has 5 aliphatic carbocycles. The molecule has 0 radical (unpaired) electrons. The average molecular weight is 340 g/mol. The van der Waals surface area contributed by atoms with Crippen LogP contribution in [0.15, 0.2) is 17.0 Å². The van der Waals surface area contributed by atoms with E-state index in [9.17, 15) is 9.59 Å². The van der Waals surface area contributed by atoms with Crippen molar-refractivity contribution in [3.05, 3.63) is 27.5 Å². The summed E-state index contributed by atoms with van der Waals surface area (Å²) in [6.45, 7) is 2.00. The Bertz CT molecular complexity index is 802. The number of fused-ring (bicyclic) bond motifs is 2. The van der Waals surface area contributed by atoms with Gasteiger partial charge in [-0.15, -0.1) is 11.3 Å². The predicted octanol–water partition coefficient (Wildman–Crippen LogP) is 3.93. The minimum atomic E-state index is -0.382. The minimum absolute atomic E-state index is 0.158. The molecule has 6 aliphatic rings. The lowest BCUT2D eigenvalue weighted by Crippen LogP contribution is -2.60. The van der Waals surface area contributed by atoms with Gasteiger partial charge in [0.2, 0.25) is 0 Å². The molecule has 4 heteroatoms. The van der Waals surface area contributed by atoms with Gasteiger partial charge < -0.3 is 4.74 Å². The zero-order chi connectivity index (χ0) is 16.2. The Morgan fingerprint density at radius 2 is 1.75 bits per heavy atom. The van der Waals surface area contributed by atoms with E-state index in [1.807, 2.05) is 6.92 Å². The zero-order valence-corrected chi connectivity index (χ0v) is 14.5. The maximum absolute atomic E-state index is 12.8. The number of hydrogen-bond acceptors (Lipinski definition) is 4. The number of carbonyl (C=O) groups excluding carboxylic acids is 2. The second kappa shape index (κ2) is 4.21. The molecule has 1 spiro atoms. The van der Waals surface area contributed by atoms with Crippen LogP contribution in [0.1, 0.15) is 49.5 Å². The van der Waals surface area contributed by atoms with Gasteiger partial charge in [0.1, 0.15) is 5.92 Å². The first-order valence-corrected chi connectivity index (χ1v) is 10.0. The van der Waals surface area contributed by atoms with E-state index < -0.39 is 0 Å². The van der Waals surface area contributed by atoms with Crippen molar-refractivity contribution in [2.24, 2.45) is 29.6 Å². The molecule has 124 valence electrons. The third-order valence-electron chi connectivity index (χ3n) is 7.77. The first-order valence-electron chi connectivity index (χ1n) is 9.15. The fraction of sp³-hybridized carbons (Fsp3) is 0.600. The van der Waals surface area contributed by atoms with E-state index in [0.29, 0.717) is 17.4 Å². The van der Waals surface area contributed by atoms with Gasteiger partial charge in [-0.3, -0.25) is 4.79 Å². The van der Waals surface area contributed by atoms with Crippen molar-refractivity contribution in [2.75, 3.05) is 0 Å². The van der Waals surface area contributed by atoms with Crippen LogP contribution >= 0.6 is 11.3 Å². The molecule has 24 heavy (non-hydrogen) atoms. The van der Waals surface area contributed by atoms with Crippen LogP contribution in [0.3, 0.4) is 0 Å². The van der Waals surface area contributed by atoms with E-state index in [1.165, 1.54) is 42.5 Å². The molecule has 3 nitrogen and oxygen atoms in total. The molecular formula is C20H20O3S. The second-order valence-corrected chi connectivity index (χ2v) is 9.50. The fourth-order valence-corrected chi connectivity index (χ4v) is 8.61. The van der Waals surface area contributed by atoms with Crippen molar-refractivity contribution in [2.45, 2.75) is 44.4 Å². The van der Waals surface area contributed by atoms with Gasteiger partial charge in [0, 0.05) is 10.3 Å². The molecule has 1 saturated heterocycles. The smallest absolute Gasteiger partial charge is 0.342 e. The zero-order valence-electron chi connectivity index (χ0n) is 13.7. The Morgan fingerprint density at radius 3 is 2.42 bits per heavy atom. The topological polar surface area (TPSA) is 43.4 Å². The Kier molecular flexibility index (Phi) is 2.43. The molecule has 0 amide bonds. The highest BCUT2D eigenvalue weighted by atomic mass is 32.1. The summed E-state index contributed by atoms with van der Waals surface area (Å²) in [6, 6.07) is 2.15. The van der Waals surface area contributed by atoms with Gasteiger partial charge in [0.05, 0.1) is 5.57 Å². The van der Waals surface area contributed by atoms with Crippen LogP contribution in [-0.2, 0) is 19.7 Å². The van der Waals surface area contributed by atoms with Crippen LogP contribution in [0.2, 0.25) is 0 Å². The standard InChI is InChI=1S/C20H20O3S/c1-9-14-2-3-24-17(14)20(16-15(9)18(21)23-19(16)22)12-5-10-4-11(7-12)8-13(20)6-10/h2-3,10-13,16H,4-8H2,1H3/t10-,11?,12?,13?,16-,20-/m1/s1. The van der Waals surface area contributed by atoms with E-state index in [-0.39, 0.29) is 23.3 Å². The van der Waals surface area contributed by atoms with Crippen LogP contribution in [0.5, 0.6) is 0 Å². The van der Waals surface area contributed by atoms with E-state index in [1.54, 1.807) is 11.3 Å². The van der Waals surface area contributed by atoms with Gasteiger partial charge in [-0.05, 0) is 85.3 Å². The summed E-state index contributed by atoms with van der Waals surface area (Å²) in [5.74, 6) is 1.75. The second-order valence-electron chi connectivity index (χ2n) is 8.58. The molecule has 4 saturated carbocycles. The summed E-state index contributed by atoms with van der Waals surface area (Å²) in [5.41, 5.74) is 2.71. The lowest BCUT2D eigenvalue weighted by molar-refractivity contribution is -0.157. The molecule has 1 aromatic heterocycles. The molecule has 1 aliphatic heterocycles. The maximum atomic E-state index is 12.8. The van der Waals surface area contributed by atoms with Crippen molar-refractivity contribution < 1.29 is 14.3 Å². The molecule has 1 atom stereocenters. The van der Waals surface area contributed by atoms with Crippen LogP contribution in [0, 0.1) is 29.6 Å². The van der Waals surface area contributed by atoms with Crippen molar-refractivity contribution in [3.8, 4) is 0 Å². The number of cyclic esters (lactones) is 2. The fourth-order valence-electron chi connectivity index (χ4n) is 7.27. The van der Waals surface area contributed by atoms with Gasteiger partial charge in [-0.25, -0.2) is 4.79 Å². The van der Waals surface area contributed by atoms with Gasteiger partial charge >= 0.3 is 11.9 Å². The summed E-state index contributed by atoms with van der Waals surface area (Å²) in [5, 5.41) is 2.15. The van der Waals surface area contributed by atoms with Crippen molar-refractivity contribution in [3.63, 3.8) is 0 Å². The highest BCUT2D eigenvalue weighted by molar-refractivity contribution is 7.10. The number of ether oxygens (including phenoxy) is 1. The maximum Gasteiger partial charge on any atom is 0.342 e. The van der Waals surface area contributed by atoms with Gasteiger partial charge in [-0.2, -0.15) is 0 Å². The molecule has 0 unspecified atom stereocenters. The molecule has 4 bridgehead atoms. The number of carbonyl (C=O) groups is 2. The highest BCUT2D eigenvalue weighted by Gasteiger charge is 2.68. The largest absolute Gasteiger partial charge is 0.389 e. The minimum Gasteiger partial charge on any atom is -0.389 e. The summed E-state index contributed by atoms with van der Waals surface area (Å²) in [4.78, 5) is 26.7. The summed E-state index contributed by atoms with van der Waals surface area (Å²) in [6.07, 6.45) is 6.31. The number of thiophene rings is 1. The molecule has 7 rings (SSSR count). The number of allylic oxidation sites excluding steroid dienone is 1. The lowest BCUT2D eigenvalue weighted by Gasteiger charge is -2.63. The van der Waals surface area contributed by atoms with Gasteiger partial charge in [0.15, 0.2) is 0 Å². The molecule has 5 fully saturated rings. The molecule has 0 aromatic carbocycles. The van der Waals surface area contributed by atoms with Crippen LogP contribution in [0.25, 0.3) is 5.57 Å². The molecule has 0 N–H and O–H groups in total. The van der Waals surface area contributed by atoms with Crippen molar-refractivity contribution >= 4 is 28.8 Å². The first-order chi connectivity index (χ1) is 11.6. The molecular weight excluding hydrogens is 320 g/mol. The van der Waals surface area contributed by atoms with Crippen molar-refractivity contribution in [1.82, 2.24) is 0 Å². The summed E-state index contributed by atoms with van der Waals surface area (Å²) < 4.78 is 5.18. The van der Waals surface area contributed by atoms with Crippen molar-refractivity contribution in [1.29, 1.82) is 0 Å². The first kappa shape index (κ1) is 13.8. The third-order valence-corrected chi connectivity index (χ3v) is 8.85. The monoisotopic (exact) mass is 340 g/mol. The Balaban J connectivity index is 1.67. The number of hydrogen-bond donors (Lipinski definition) is 0. The lowest BCUT2D eigenvalue weighted by atomic mass is 9.40. The van der Waals surface area contributed by atoms with E-state index in [2.05, 4.69) is 11.4 Å². The average Bonchev–Trinajstić information content (AvgIpc) is 3.13. The van der Waals surface area contributed by atoms with Gasteiger partial charge in [0.25, 0.3) is 0 Å². The Labute approximate surface area is 145 Å². The highest BCUT2D eigenvalue weighted by Crippen LogP contribution is 2.70. The molecule has 2 heterocycles. The normalized spacial score (nSPS) is 45.0. The number of esters is 2. The number of rotatable bonds is 0. The predicted molar refractivity (Wildman–Crippen MR) is 90.2 cm³/mol. The quantitative estimate of drug-likeness (QED) is 0.531. The van der Waals surface area contributed by atoms with Crippen LogP contribution in [0.4, 0.5) is 0 Å². The molecule has 1 aromatic rings. The van der Waals surface area contributed by atoms with Gasteiger partial charge in [-0.1, -0.05) is 0 Å². The summed E-state index contributed by atoms with van der Waals surface area (Å²) >= 11 is 1.81. The van der Waals surface area contributed by atoms with E-state index >= 15 is 0 Å². The summed E-state index contributed by atoms with van der Waals surface area (Å²) in [7, 11) is 0. The Hall–Kier alpha value is -1.42. The van der Waals surface area contributed by atoms with Crippen LogP contribution in [-0.4, -0.2) is 11.9 Å². The van der Waals surface area contributed by atoms with Crippen LogP contribution < -0.4 is 0 Å². The van der Waals surface area contributed by atoms with E-state index in [4.69, 9.17) is 4.74 Å². The SMILES string of the molecule is CC1=C2C(=O)OC(=O)[C@@H]2[C@]2(c3sccc31)C1CC3CC2C[C@@H](C3)C1. The Morgan fingerprint density at radius 1 is 1.08 bits per heavy atom. The van der Waals surface area contributed by atoms with E-state index in [0.717, 1.165) is 17.4 Å². The third kappa shape index (κ3) is 1.35.